The van der Waals surface area contributed by atoms with Gasteiger partial charge in [0.25, 0.3) is 0 Å². The second kappa shape index (κ2) is 7.07. The fraction of sp³-hybridized carbons (Fsp3) is 0.500. The molecule has 11 nitrogen and oxygen atoms in total. The molecule has 3 rings (SSSR count). The summed E-state index contributed by atoms with van der Waals surface area (Å²) >= 11 is 0. The van der Waals surface area contributed by atoms with Crippen molar-refractivity contribution in [1.29, 1.82) is 16.6 Å². The summed E-state index contributed by atoms with van der Waals surface area (Å²) in [6.07, 6.45) is -3.11. The zero-order valence-corrected chi connectivity index (χ0v) is 13.6. The molecule has 2 aliphatic rings. The van der Waals surface area contributed by atoms with Gasteiger partial charge in [0, 0.05) is 17.9 Å². The van der Waals surface area contributed by atoms with Crippen LogP contribution in [0.25, 0.3) is 0 Å². The lowest BCUT2D eigenvalue weighted by Crippen LogP contribution is -2.42. The van der Waals surface area contributed by atoms with Gasteiger partial charge in [-0.1, -0.05) is 0 Å². The van der Waals surface area contributed by atoms with Gasteiger partial charge in [-0.3, -0.25) is 4.90 Å². The van der Waals surface area contributed by atoms with E-state index in [4.69, 9.17) is 26.1 Å². The number of carbonyl (C=O) groups excluding carboxylic acids is 1. The third-order valence-corrected chi connectivity index (χ3v) is 4.30. The molecule has 0 saturated carbocycles. The summed E-state index contributed by atoms with van der Waals surface area (Å²) in [6.45, 7) is 0.800. The minimum atomic E-state index is -2.10. The predicted molar refractivity (Wildman–Crippen MR) is 85.3 cm³/mol. The van der Waals surface area contributed by atoms with E-state index in [1.807, 2.05) is 0 Å². The Kier molecular flexibility index (Phi) is 4.84. The van der Waals surface area contributed by atoms with Crippen LogP contribution in [-0.4, -0.2) is 50.6 Å². The number of cyclic esters (lactones) is 1. The Hall–Kier alpha value is -3.02. The van der Waals surface area contributed by atoms with Crippen LogP contribution in [0.1, 0.15) is 0 Å². The van der Waals surface area contributed by atoms with Gasteiger partial charge < -0.3 is 14.4 Å². The molecule has 26 heavy (non-hydrogen) atoms. The summed E-state index contributed by atoms with van der Waals surface area (Å²) in [6, 6.07) is 6.63. The van der Waals surface area contributed by atoms with Crippen molar-refractivity contribution >= 4 is 17.5 Å². The minimum Gasteiger partial charge on any atom is -0.437 e. The molecule has 12 heteroatoms. The predicted octanol–water partition coefficient (Wildman–Crippen LogP) is 2.89. The summed E-state index contributed by atoms with van der Waals surface area (Å²) in [5.74, 6) is -2.10. The van der Waals surface area contributed by atoms with Crippen LogP contribution in [-0.2, 0) is 9.47 Å². The molecule has 0 aromatic heterocycles. The van der Waals surface area contributed by atoms with E-state index in [0.717, 1.165) is 0 Å². The van der Waals surface area contributed by atoms with Crippen molar-refractivity contribution in [3.05, 3.63) is 24.3 Å². The number of alkyl halides is 1. The summed E-state index contributed by atoms with van der Waals surface area (Å²) in [5.41, 5.74) is 22.5. The summed E-state index contributed by atoms with van der Waals surface area (Å²) in [4.78, 5) is 15.0. The molecule has 2 saturated heterocycles. The first-order valence-electron chi connectivity index (χ1n) is 7.77. The molecule has 0 bridgehead atoms. The zero-order valence-electron chi connectivity index (χ0n) is 13.6. The van der Waals surface area contributed by atoms with Gasteiger partial charge >= 0.3 is 11.9 Å². The Morgan fingerprint density at radius 3 is 2.31 bits per heavy atom. The van der Waals surface area contributed by atoms with Crippen molar-refractivity contribution < 1.29 is 18.7 Å². The second-order valence-corrected chi connectivity index (χ2v) is 5.72. The maximum atomic E-state index is 13.9. The molecule has 138 valence electrons. The number of nitrogens with zero attached hydrogens (tertiary/aromatic N) is 5. The quantitative estimate of drug-likeness (QED) is 0.525. The monoisotopic (exact) mass is 364 g/mol. The first-order chi connectivity index (χ1) is 12.5. The summed E-state index contributed by atoms with van der Waals surface area (Å²) < 4.78 is 24.1. The minimum absolute atomic E-state index is 0.00778. The topological polar surface area (TPSA) is 151 Å². The van der Waals surface area contributed by atoms with Gasteiger partial charge in [0.05, 0.1) is 19.8 Å². The van der Waals surface area contributed by atoms with Gasteiger partial charge in [-0.2, -0.15) is 0 Å². The highest BCUT2D eigenvalue weighted by atomic mass is 19.1. The molecule has 2 fully saturated rings. The van der Waals surface area contributed by atoms with Crippen LogP contribution >= 0.6 is 0 Å². The summed E-state index contributed by atoms with van der Waals surface area (Å²) in [5, 5.41) is 9.19. The highest BCUT2D eigenvalue weighted by molar-refractivity contribution is 5.90. The van der Waals surface area contributed by atoms with Crippen LogP contribution in [0.4, 0.5) is 20.6 Å². The molecule has 1 amide bonds. The number of morpholine rings is 1. The third-order valence-electron chi connectivity index (χ3n) is 4.30. The summed E-state index contributed by atoms with van der Waals surface area (Å²) in [7, 11) is 0. The number of anilines is 2. The maximum Gasteiger partial charge on any atom is 0.414 e. The number of hydrogen-bond donors (Lipinski definition) is 3. The van der Waals surface area contributed by atoms with Gasteiger partial charge in [-0.15, -0.1) is 15.3 Å². The van der Waals surface area contributed by atoms with Crippen molar-refractivity contribution in [2.24, 2.45) is 15.3 Å². The first-order valence-corrected chi connectivity index (χ1v) is 7.77. The number of hydrogen-bond acceptors (Lipinski definition) is 10. The third kappa shape index (κ3) is 2.98. The molecule has 1 aromatic carbocycles. The van der Waals surface area contributed by atoms with E-state index in [2.05, 4.69) is 15.3 Å². The number of ether oxygens (including phenoxy) is 2. The smallest absolute Gasteiger partial charge is 0.414 e. The lowest BCUT2D eigenvalue weighted by Gasteiger charge is -2.32. The van der Waals surface area contributed by atoms with E-state index in [1.54, 1.807) is 29.2 Å². The fourth-order valence-electron chi connectivity index (χ4n) is 2.85. The van der Waals surface area contributed by atoms with Crippen LogP contribution in [0.2, 0.25) is 0 Å². The second-order valence-electron chi connectivity index (χ2n) is 5.72. The van der Waals surface area contributed by atoms with Crippen molar-refractivity contribution in [2.45, 2.75) is 18.2 Å². The maximum absolute atomic E-state index is 13.9. The fourth-order valence-corrected chi connectivity index (χ4v) is 2.85. The Balaban J connectivity index is 1.77. The van der Waals surface area contributed by atoms with Crippen molar-refractivity contribution in [2.75, 3.05) is 36.1 Å². The van der Waals surface area contributed by atoms with E-state index in [1.165, 1.54) is 4.90 Å². The van der Waals surface area contributed by atoms with E-state index in [-0.39, 0.29) is 13.2 Å². The molecule has 0 aliphatic carbocycles. The molecule has 1 aromatic rings. The van der Waals surface area contributed by atoms with Gasteiger partial charge in [0.15, 0.2) is 12.4 Å². The molecule has 2 aliphatic heterocycles. The number of benzene rings is 1. The molecule has 2 atom stereocenters. The molecule has 2 unspecified atom stereocenters. The van der Waals surface area contributed by atoms with Crippen LogP contribution < -0.4 is 9.80 Å². The highest BCUT2D eigenvalue weighted by Crippen LogP contribution is 2.32. The molecule has 0 spiro atoms. The van der Waals surface area contributed by atoms with E-state index in [0.29, 0.717) is 24.5 Å². The van der Waals surface area contributed by atoms with E-state index in [9.17, 15) is 9.18 Å². The van der Waals surface area contributed by atoms with Crippen molar-refractivity contribution in [1.82, 2.24) is 0 Å². The zero-order chi connectivity index (χ0) is 18.7. The van der Waals surface area contributed by atoms with Gasteiger partial charge in [-0.25, -0.2) is 25.8 Å². The molecular formula is C14H17FN8O3. The SMILES string of the molecule is N=NC(N=N)(N=N)C1CN(c2ccc(N3CCOCC3F)cc2)C(=O)O1. The Morgan fingerprint density at radius 1 is 1.12 bits per heavy atom. The number of rotatable bonds is 6. The molecule has 2 heterocycles. The Labute approximate surface area is 147 Å². The van der Waals surface area contributed by atoms with Crippen molar-refractivity contribution in [3.63, 3.8) is 0 Å². The van der Waals surface area contributed by atoms with Gasteiger partial charge in [0.2, 0.25) is 0 Å². The number of carbonyl (C=O) groups is 1. The lowest BCUT2D eigenvalue weighted by atomic mass is 10.2. The molecule has 0 radical (unpaired) electrons. The van der Waals surface area contributed by atoms with Gasteiger partial charge in [0.1, 0.15) is 0 Å². The van der Waals surface area contributed by atoms with Crippen LogP contribution in [0.5, 0.6) is 0 Å². The van der Waals surface area contributed by atoms with Crippen LogP contribution in [0, 0.1) is 16.6 Å². The lowest BCUT2D eigenvalue weighted by molar-refractivity contribution is 0.0497. The standard InChI is InChI=1S/C14H17FN8O3/c15-12-8-25-6-5-22(12)9-1-3-10(4-2-9)23-7-11(26-13(23)24)14(19-16,20-17)21-18/h1-4,11-12,16-18H,5-8H2. The molecule has 3 N–H and O–H groups in total. The van der Waals surface area contributed by atoms with Crippen LogP contribution in [0.15, 0.2) is 39.6 Å². The largest absolute Gasteiger partial charge is 0.437 e. The molecular weight excluding hydrogens is 347 g/mol. The average Bonchev–Trinajstić information content (AvgIpc) is 3.06. The van der Waals surface area contributed by atoms with Crippen molar-refractivity contribution in [3.8, 4) is 0 Å². The number of halogens is 1. The normalized spacial score (nSPS) is 25.3. The van der Waals surface area contributed by atoms with E-state index >= 15 is 0 Å². The Morgan fingerprint density at radius 2 is 1.73 bits per heavy atom. The first kappa shape index (κ1) is 17.8. The number of amides is 1. The highest BCUT2D eigenvalue weighted by Gasteiger charge is 2.49. The number of nitrogens with one attached hydrogen (secondary N) is 3. The average molecular weight is 364 g/mol. The van der Waals surface area contributed by atoms with E-state index < -0.39 is 24.3 Å². The Bertz CT molecular complexity index is 693. The van der Waals surface area contributed by atoms with Crippen LogP contribution in [0.3, 0.4) is 0 Å². The van der Waals surface area contributed by atoms with Gasteiger partial charge in [-0.05, 0) is 24.3 Å².